The Morgan fingerprint density at radius 3 is 2.56 bits per heavy atom. The molecule has 0 saturated heterocycles. The van der Waals surface area contributed by atoms with Gasteiger partial charge in [0, 0.05) is 4.47 Å². The number of nitriles is 1. The van der Waals surface area contributed by atoms with E-state index in [1.165, 1.54) is 18.4 Å². The molecule has 0 amide bonds. The predicted octanol–water partition coefficient (Wildman–Crippen LogP) is 4.59. The van der Waals surface area contributed by atoms with Crippen molar-refractivity contribution < 1.29 is 0 Å². The standard InChI is InChI=1S/C14H18BrN/c1-4-5-6-11-7-12(9-13(15)8-11)14(2,3)10-16/h7-9H,4-6H2,1-3H3. The molecule has 0 bridgehead atoms. The minimum Gasteiger partial charge on any atom is -0.197 e. The number of hydrogen-bond donors (Lipinski definition) is 0. The van der Waals surface area contributed by atoms with E-state index in [2.05, 4.69) is 41.1 Å². The Morgan fingerprint density at radius 1 is 1.31 bits per heavy atom. The third kappa shape index (κ3) is 3.35. The van der Waals surface area contributed by atoms with E-state index < -0.39 is 5.41 Å². The second-order valence-corrected chi connectivity index (χ2v) is 5.60. The normalized spacial score (nSPS) is 11.2. The molecule has 0 aliphatic carbocycles. The number of halogens is 1. The van der Waals surface area contributed by atoms with Crippen LogP contribution in [0, 0.1) is 11.3 Å². The van der Waals surface area contributed by atoms with Crippen LogP contribution in [0.25, 0.3) is 0 Å². The summed E-state index contributed by atoms with van der Waals surface area (Å²) in [4.78, 5) is 0. The summed E-state index contributed by atoms with van der Waals surface area (Å²) in [6.45, 7) is 6.11. The number of aryl methyl sites for hydroxylation is 1. The fraction of sp³-hybridized carbons (Fsp3) is 0.500. The van der Waals surface area contributed by atoms with Crippen LogP contribution < -0.4 is 0 Å². The zero-order valence-electron chi connectivity index (χ0n) is 10.2. The van der Waals surface area contributed by atoms with Crippen molar-refractivity contribution in [3.05, 3.63) is 33.8 Å². The van der Waals surface area contributed by atoms with Crippen molar-refractivity contribution in [1.29, 1.82) is 5.26 Å². The lowest BCUT2D eigenvalue weighted by molar-refractivity contribution is 0.683. The SMILES string of the molecule is CCCCc1cc(Br)cc(C(C)(C)C#N)c1. The molecule has 1 aromatic rings. The maximum atomic E-state index is 9.14. The van der Waals surface area contributed by atoms with Gasteiger partial charge in [-0.25, -0.2) is 0 Å². The van der Waals surface area contributed by atoms with Crippen molar-refractivity contribution >= 4 is 15.9 Å². The number of benzene rings is 1. The fourth-order valence-electron chi connectivity index (χ4n) is 1.60. The lowest BCUT2D eigenvalue weighted by Crippen LogP contribution is -2.14. The molecule has 1 rings (SSSR count). The molecular formula is C14H18BrN. The van der Waals surface area contributed by atoms with Gasteiger partial charge in [-0.2, -0.15) is 5.26 Å². The minimum atomic E-state index is -0.412. The van der Waals surface area contributed by atoms with E-state index in [0.29, 0.717) is 0 Å². The Hall–Kier alpha value is -0.810. The van der Waals surface area contributed by atoms with Gasteiger partial charge in [0.1, 0.15) is 0 Å². The van der Waals surface area contributed by atoms with Gasteiger partial charge in [-0.3, -0.25) is 0 Å². The quantitative estimate of drug-likeness (QED) is 0.791. The number of rotatable bonds is 4. The molecule has 0 atom stereocenters. The lowest BCUT2D eigenvalue weighted by Gasteiger charge is -2.17. The summed E-state index contributed by atoms with van der Waals surface area (Å²) in [5.41, 5.74) is 2.00. The van der Waals surface area contributed by atoms with E-state index in [1.54, 1.807) is 0 Å². The average Bonchev–Trinajstić information content (AvgIpc) is 2.25. The molecule has 0 fully saturated rings. The topological polar surface area (TPSA) is 23.8 Å². The van der Waals surface area contributed by atoms with Crippen molar-refractivity contribution in [3.63, 3.8) is 0 Å². The first-order valence-electron chi connectivity index (χ1n) is 5.71. The highest BCUT2D eigenvalue weighted by molar-refractivity contribution is 9.10. The molecule has 2 heteroatoms. The van der Waals surface area contributed by atoms with E-state index in [4.69, 9.17) is 5.26 Å². The van der Waals surface area contributed by atoms with Gasteiger partial charge in [0.15, 0.2) is 0 Å². The average molecular weight is 280 g/mol. The fourth-order valence-corrected chi connectivity index (χ4v) is 2.14. The molecule has 0 radical (unpaired) electrons. The second-order valence-electron chi connectivity index (χ2n) is 4.69. The highest BCUT2D eigenvalue weighted by Gasteiger charge is 2.20. The molecule has 16 heavy (non-hydrogen) atoms. The van der Waals surface area contributed by atoms with Crippen LogP contribution in [0.1, 0.15) is 44.7 Å². The molecule has 0 saturated carbocycles. The molecule has 0 aliphatic heterocycles. The Bertz CT molecular complexity index is 402. The molecule has 0 aliphatic rings. The van der Waals surface area contributed by atoms with E-state index in [-0.39, 0.29) is 0 Å². The minimum absolute atomic E-state index is 0.412. The Balaban J connectivity index is 3.04. The molecule has 0 N–H and O–H groups in total. The van der Waals surface area contributed by atoms with Crippen LogP contribution in [-0.2, 0) is 11.8 Å². The third-order valence-corrected chi connectivity index (χ3v) is 3.24. The van der Waals surface area contributed by atoms with Crippen LogP contribution in [0.2, 0.25) is 0 Å². The van der Waals surface area contributed by atoms with Crippen molar-refractivity contribution in [2.24, 2.45) is 0 Å². The highest BCUT2D eigenvalue weighted by atomic mass is 79.9. The van der Waals surface area contributed by atoms with Crippen LogP contribution in [-0.4, -0.2) is 0 Å². The van der Waals surface area contributed by atoms with Crippen molar-refractivity contribution in [3.8, 4) is 6.07 Å². The Labute approximate surface area is 107 Å². The van der Waals surface area contributed by atoms with Gasteiger partial charge < -0.3 is 0 Å². The van der Waals surface area contributed by atoms with Gasteiger partial charge in [-0.1, -0.05) is 35.3 Å². The van der Waals surface area contributed by atoms with Crippen molar-refractivity contribution in [1.82, 2.24) is 0 Å². The molecule has 0 heterocycles. The van der Waals surface area contributed by atoms with Crippen LogP contribution >= 0.6 is 15.9 Å². The summed E-state index contributed by atoms with van der Waals surface area (Å²) >= 11 is 3.52. The van der Waals surface area contributed by atoms with E-state index in [1.807, 2.05) is 19.9 Å². The molecule has 1 aromatic carbocycles. The van der Waals surface area contributed by atoms with Gasteiger partial charge in [-0.05, 0) is 49.9 Å². The highest BCUT2D eigenvalue weighted by Crippen LogP contribution is 2.27. The summed E-state index contributed by atoms with van der Waals surface area (Å²) in [6, 6.07) is 8.69. The predicted molar refractivity (Wildman–Crippen MR) is 71.4 cm³/mol. The first-order valence-corrected chi connectivity index (χ1v) is 6.50. The monoisotopic (exact) mass is 279 g/mol. The van der Waals surface area contributed by atoms with Crippen molar-refractivity contribution in [2.45, 2.75) is 45.4 Å². The van der Waals surface area contributed by atoms with Crippen molar-refractivity contribution in [2.75, 3.05) is 0 Å². The first kappa shape index (κ1) is 13.3. The summed E-state index contributed by atoms with van der Waals surface area (Å²) in [6.07, 6.45) is 3.48. The van der Waals surface area contributed by atoms with Crippen LogP contribution in [0.4, 0.5) is 0 Å². The van der Waals surface area contributed by atoms with Crippen LogP contribution in [0.3, 0.4) is 0 Å². The second kappa shape index (κ2) is 5.50. The molecular weight excluding hydrogens is 262 g/mol. The zero-order chi connectivity index (χ0) is 12.2. The largest absolute Gasteiger partial charge is 0.197 e. The Kier molecular flexibility index (Phi) is 4.56. The van der Waals surface area contributed by atoms with Crippen LogP contribution in [0.15, 0.2) is 22.7 Å². The number of unbranched alkanes of at least 4 members (excludes halogenated alkanes) is 1. The van der Waals surface area contributed by atoms with Gasteiger partial charge in [-0.15, -0.1) is 0 Å². The maximum Gasteiger partial charge on any atom is 0.0766 e. The lowest BCUT2D eigenvalue weighted by atomic mass is 9.85. The number of hydrogen-bond acceptors (Lipinski definition) is 1. The molecule has 0 aromatic heterocycles. The molecule has 0 unspecified atom stereocenters. The first-order chi connectivity index (χ1) is 7.49. The molecule has 1 nitrogen and oxygen atoms in total. The van der Waals surface area contributed by atoms with Gasteiger partial charge >= 0.3 is 0 Å². The van der Waals surface area contributed by atoms with Gasteiger partial charge in [0.25, 0.3) is 0 Å². The molecule has 0 spiro atoms. The summed E-state index contributed by atoms with van der Waals surface area (Å²) < 4.78 is 1.07. The summed E-state index contributed by atoms with van der Waals surface area (Å²) in [5, 5.41) is 9.14. The molecule has 86 valence electrons. The zero-order valence-corrected chi connectivity index (χ0v) is 11.8. The van der Waals surface area contributed by atoms with E-state index >= 15 is 0 Å². The van der Waals surface area contributed by atoms with Gasteiger partial charge in [0.05, 0.1) is 11.5 Å². The summed E-state index contributed by atoms with van der Waals surface area (Å²) in [5.74, 6) is 0. The van der Waals surface area contributed by atoms with Gasteiger partial charge in [0.2, 0.25) is 0 Å². The van der Waals surface area contributed by atoms with E-state index in [0.717, 1.165) is 16.5 Å². The van der Waals surface area contributed by atoms with E-state index in [9.17, 15) is 0 Å². The summed E-state index contributed by atoms with van der Waals surface area (Å²) in [7, 11) is 0. The maximum absolute atomic E-state index is 9.14. The smallest absolute Gasteiger partial charge is 0.0766 e. The van der Waals surface area contributed by atoms with Crippen LogP contribution in [0.5, 0.6) is 0 Å². The Morgan fingerprint density at radius 2 is 2.00 bits per heavy atom. The number of nitrogens with zero attached hydrogens (tertiary/aromatic N) is 1. The third-order valence-electron chi connectivity index (χ3n) is 2.78.